The second kappa shape index (κ2) is 14.1. The average molecular weight is 631 g/mol. The average Bonchev–Trinajstić information content (AvgIpc) is 3.83. The third-order valence-electron chi connectivity index (χ3n) is 9.32. The minimum Gasteiger partial charge on any atom is -0.492 e. The zero-order valence-corrected chi connectivity index (χ0v) is 27.5. The van der Waals surface area contributed by atoms with Crippen molar-refractivity contribution in [2.24, 2.45) is 0 Å². The molecule has 7 rings (SSSR count). The van der Waals surface area contributed by atoms with E-state index in [4.69, 9.17) is 9.47 Å². The number of hydrogen-bond donors (Lipinski definition) is 0. The number of thiophene rings is 1. The van der Waals surface area contributed by atoms with Crippen molar-refractivity contribution in [3.05, 3.63) is 119 Å². The minimum atomic E-state index is 0.271. The second-order valence-corrected chi connectivity index (χ2v) is 13.7. The third-order valence-corrected chi connectivity index (χ3v) is 10.6. The molecule has 0 saturated carbocycles. The number of fused-ring (bicyclic) bond motifs is 1. The van der Waals surface area contributed by atoms with Crippen LogP contribution in [0, 0.1) is 6.92 Å². The van der Waals surface area contributed by atoms with Gasteiger partial charge in [0.15, 0.2) is 0 Å². The van der Waals surface area contributed by atoms with E-state index in [9.17, 15) is 4.79 Å². The monoisotopic (exact) mass is 630 g/mol. The Bertz CT molecular complexity index is 1790. The van der Waals surface area contributed by atoms with Crippen molar-refractivity contribution in [2.75, 3.05) is 32.8 Å². The van der Waals surface area contributed by atoms with Crippen molar-refractivity contribution in [2.45, 2.75) is 52.2 Å². The zero-order valence-electron chi connectivity index (χ0n) is 26.7. The molecule has 2 aliphatic rings. The van der Waals surface area contributed by atoms with E-state index in [1.807, 2.05) is 34.4 Å². The van der Waals surface area contributed by atoms with Crippen molar-refractivity contribution in [3.8, 4) is 21.9 Å². The first-order valence-corrected chi connectivity index (χ1v) is 17.4. The van der Waals surface area contributed by atoms with Gasteiger partial charge in [0.2, 0.25) is 5.91 Å². The van der Waals surface area contributed by atoms with Crippen LogP contribution in [0.1, 0.15) is 53.5 Å². The number of amides is 1. The largest absolute Gasteiger partial charge is 0.492 e. The van der Waals surface area contributed by atoms with Gasteiger partial charge in [-0.15, -0.1) is 11.3 Å². The normalized spacial score (nSPS) is 15.2. The molecule has 0 bridgehead atoms. The van der Waals surface area contributed by atoms with Crippen LogP contribution < -0.4 is 9.47 Å². The minimum absolute atomic E-state index is 0.271. The van der Waals surface area contributed by atoms with Gasteiger partial charge in [-0.05, 0) is 127 Å². The summed E-state index contributed by atoms with van der Waals surface area (Å²) in [7, 11) is 0. The van der Waals surface area contributed by atoms with Crippen LogP contribution in [0.2, 0.25) is 0 Å². The van der Waals surface area contributed by atoms with E-state index in [1.165, 1.54) is 68.7 Å². The zero-order chi connectivity index (χ0) is 31.3. The Labute approximate surface area is 276 Å². The number of benzene rings is 4. The van der Waals surface area contributed by atoms with Crippen LogP contribution in [-0.2, 0) is 24.4 Å². The number of hydrogen-bond acceptors (Lipinski definition) is 5. The summed E-state index contributed by atoms with van der Waals surface area (Å²) in [6, 6.07) is 32.2. The Balaban J connectivity index is 1.14. The van der Waals surface area contributed by atoms with Gasteiger partial charge < -0.3 is 14.4 Å². The van der Waals surface area contributed by atoms with Crippen molar-refractivity contribution in [3.63, 3.8) is 0 Å². The Morgan fingerprint density at radius 3 is 2.35 bits per heavy atom. The molecule has 4 aromatic carbocycles. The van der Waals surface area contributed by atoms with Gasteiger partial charge in [0.05, 0.1) is 0 Å². The number of carbonyl (C=O) groups excluding carboxylic acids is 1. The quantitative estimate of drug-likeness (QED) is 0.138. The van der Waals surface area contributed by atoms with Crippen LogP contribution in [0.3, 0.4) is 0 Å². The van der Waals surface area contributed by atoms with Crippen molar-refractivity contribution in [1.82, 2.24) is 9.80 Å². The molecule has 1 aromatic heterocycles. The van der Waals surface area contributed by atoms with Crippen molar-refractivity contribution in [1.29, 1.82) is 0 Å². The predicted octanol–water partition coefficient (Wildman–Crippen LogP) is 8.64. The van der Waals surface area contributed by atoms with Gasteiger partial charge in [0.1, 0.15) is 24.7 Å². The van der Waals surface area contributed by atoms with Crippen LogP contribution >= 0.6 is 11.3 Å². The summed E-state index contributed by atoms with van der Waals surface area (Å²) in [6.07, 6.45) is 5.08. The molecule has 0 aliphatic carbocycles. The highest BCUT2D eigenvalue weighted by Crippen LogP contribution is 2.42. The lowest BCUT2D eigenvalue weighted by atomic mass is 9.96. The first kappa shape index (κ1) is 30.5. The Morgan fingerprint density at radius 1 is 0.783 bits per heavy atom. The fraction of sp³-hybridized carbons (Fsp3) is 0.325. The lowest BCUT2D eigenvalue weighted by molar-refractivity contribution is -0.128. The summed E-state index contributed by atoms with van der Waals surface area (Å²) in [4.78, 5) is 18.0. The smallest absolute Gasteiger partial charge is 0.222 e. The summed E-state index contributed by atoms with van der Waals surface area (Å²) in [5.41, 5.74) is 7.45. The maximum absolute atomic E-state index is 12.2. The van der Waals surface area contributed by atoms with Gasteiger partial charge in [-0.25, -0.2) is 0 Å². The summed E-state index contributed by atoms with van der Waals surface area (Å²) >= 11 is 1.83. The molecule has 0 spiro atoms. The summed E-state index contributed by atoms with van der Waals surface area (Å²) in [5.74, 6) is 2.08. The summed E-state index contributed by atoms with van der Waals surface area (Å²) in [6.45, 7) is 8.38. The molecule has 46 heavy (non-hydrogen) atoms. The Hall–Kier alpha value is -4.13. The first-order chi connectivity index (χ1) is 22.6. The number of rotatable bonds is 12. The van der Waals surface area contributed by atoms with E-state index in [2.05, 4.69) is 84.6 Å². The maximum Gasteiger partial charge on any atom is 0.222 e. The SMILES string of the molecule is Cc1cc(Cc2c(-c3ccc(OCCN4CCCC4)cc3)sc3cc(OCc4ccccc4)ccc23)ccc1CN1CCCC1=O. The third kappa shape index (κ3) is 7.14. The van der Waals surface area contributed by atoms with E-state index < -0.39 is 0 Å². The highest BCUT2D eigenvalue weighted by Gasteiger charge is 2.21. The van der Waals surface area contributed by atoms with E-state index in [0.717, 1.165) is 49.6 Å². The molecular formula is C40H42N2O3S. The van der Waals surface area contributed by atoms with Crippen LogP contribution in [0.15, 0.2) is 91.0 Å². The first-order valence-electron chi connectivity index (χ1n) is 16.6. The lowest BCUT2D eigenvalue weighted by Gasteiger charge is -2.18. The van der Waals surface area contributed by atoms with E-state index in [0.29, 0.717) is 19.6 Å². The molecule has 2 aliphatic heterocycles. The Morgan fingerprint density at radius 2 is 1.59 bits per heavy atom. The molecule has 5 nitrogen and oxygen atoms in total. The van der Waals surface area contributed by atoms with Crippen LogP contribution in [0.5, 0.6) is 11.5 Å². The van der Waals surface area contributed by atoms with E-state index >= 15 is 0 Å². The number of carbonyl (C=O) groups is 1. The highest BCUT2D eigenvalue weighted by molar-refractivity contribution is 7.22. The molecule has 0 radical (unpaired) electrons. The van der Waals surface area contributed by atoms with Gasteiger partial charge in [0, 0.05) is 35.6 Å². The molecule has 0 N–H and O–H groups in total. The Kier molecular flexibility index (Phi) is 9.36. The molecule has 3 heterocycles. The van der Waals surface area contributed by atoms with Crippen LogP contribution in [0.4, 0.5) is 0 Å². The number of aryl methyl sites for hydroxylation is 1. The maximum atomic E-state index is 12.2. The summed E-state index contributed by atoms with van der Waals surface area (Å²) in [5, 5.41) is 1.27. The standard InChI is InChI=1S/C40H42N2O3S/c1-29-24-31(11-12-33(29)27-42-21-7-10-39(42)43)25-37-36-18-17-35(45-28-30-8-3-2-4-9-30)26-38(36)46-40(37)32-13-15-34(16-14-32)44-23-22-41-19-5-6-20-41/h2-4,8-9,11-18,24,26H,5-7,10,19-23,25,27-28H2,1H3. The lowest BCUT2D eigenvalue weighted by Crippen LogP contribution is -2.25. The molecule has 236 valence electrons. The van der Waals surface area contributed by atoms with Gasteiger partial charge in [-0.1, -0.05) is 48.5 Å². The predicted molar refractivity (Wildman–Crippen MR) is 188 cm³/mol. The number of ether oxygens (including phenoxy) is 2. The molecule has 2 saturated heterocycles. The molecule has 6 heteroatoms. The fourth-order valence-corrected chi connectivity index (χ4v) is 7.95. The van der Waals surface area contributed by atoms with Gasteiger partial charge >= 0.3 is 0 Å². The van der Waals surface area contributed by atoms with Crippen molar-refractivity contribution >= 4 is 27.3 Å². The highest BCUT2D eigenvalue weighted by atomic mass is 32.1. The fourth-order valence-electron chi connectivity index (χ4n) is 6.70. The van der Waals surface area contributed by atoms with Crippen molar-refractivity contribution < 1.29 is 14.3 Å². The topological polar surface area (TPSA) is 42.0 Å². The number of nitrogens with zero attached hydrogens (tertiary/aromatic N) is 2. The van der Waals surface area contributed by atoms with E-state index in [-0.39, 0.29) is 5.91 Å². The van der Waals surface area contributed by atoms with Gasteiger partial charge in [0.25, 0.3) is 0 Å². The molecule has 0 unspecified atom stereocenters. The molecule has 5 aromatic rings. The molecule has 0 atom stereocenters. The van der Waals surface area contributed by atoms with Gasteiger partial charge in [-0.3, -0.25) is 9.69 Å². The molecule has 2 fully saturated rings. The van der Waals surface area contributed by atoms with Crippen LogP contribution in [-0.4, -0.2) is 48.5 Å². The molecular weight excluding hydrogens is 589 g/mol. The summed E-state index contributed by atoms with van der Waals surface area (Å²) < 4.78 is 13.6. The van der Waals surface area contributed by atoms with E-state index in [1.54, 1.807) is 0 Å². The van der Waals surface area contributed by atoms with Gasteiger partial charge in [-0.2, -0.15) is 0 Å². The second-order valence-electron chi connectivity index (χ2n) is 12.6. The van der Waals surface area contributed by atoms with Crippen LogP contribution in [0.25, 0.3) is 20.5 Å². The number of likely N-dealkylation sites (tertiary alicyclic amines) is 2. The molecule has 1 amide bonds.